The van der Waals surface area contributed by atoms with E-state index in [9.17, 15) is 8.42 Å². The Morgan fingerprint density at radius 1 is 0.958 bits per heavy atom. The maximum absolute atomic E-state index is 12.5. The summed E-state index contributed by atoms with van der Waals surface area (Å²) in [6.07, 6.45) is 0. The summed E-state index contributed by atoms with van der Waals surface area (Å²) in [6, 6.07) is 7.41. The predicted octanol–water partition coefficient (Wildman–Crippen LogP) is 6.47. The molecule has 0 radical (unpaired) electrons. The van der Waals surface area contributed by atoms with E-state index in [2.05, 4.69) is 15.9 Å². The van der Waals surface area contributed by atoms with Gasteiger partial charge in [-0.15, -0.1) is 0 Å². The van der Waals surface area contributed by atoms with E-state index in [0.717, 1.165) is 5.56 Å². The second-order valence-electron chi connectivity index (χ2n) is 6.16. The average molecular weight is 473 g/mol. The monoisotopic (exact) mass is 470 g/mol. The summed E-state index contributed by atoms with van der Waals surface area (Å²) >= 11 is 21.2. The molecule has 0 fully saturated rings. The van der Waals surface area contributed by atoms with Crippen LogP contribution in [0.25, 0.3) is 0 Å². The van der Waals surface area contributed by atoms with Gasteiger partial charge < -0.3 is 4.18 Å². The third-order valence-electron chi connectivity index (χ3n) is 3.18. The van der Waals surface area contributed by atoms with E-state index in [1.165, 1.54) is 18.2 Å². The molecule has 2 aromatic carbocycles. The fraction of sp³-hybridized carbons (Fsp3) is 0.250. The van der Waals surface area contributed by atoms with E-state index in [0.29, 0.717) is 4.47 Å². The largest absolute Gasteiger partial charge is 0.376 e. The smallest absolute Gasteiger partial charge is 0.339 e. The Balaban J connectivity index is 2.47. The van der Waals surface area contributed by atoms with Crippen LogP contribution in [0.1, 0.15) is 26.3 Å². The molecule has 0 unspecified atom stereocenters. The van der Waals surface area contributed by atoms with Crippen molar-refractivity contribution in [2.45, 2.75) is 31.1 Å². The molecule has 2 aromatic rings. The van der Waals surface area contributed by atoms with Crippen LogP contribution in [-0.2, 0) is 15.5 Å². The molecule has 8 heteroatoms. The van der Waals surface area contributed by atoms with Gasteiger partial charge in [-0.2, -0.15) is 8.42 Å². The molecule has 0 saturated heterocycles. The highest BCUT2D eigenvalue weighted by molar-refractivity contribution is 9.10. The van der Waals surface area contributed by atoms with Crippen LogP contribution in [0.4, 0.5) is 0 Å². The van der Waals surface area contributed by atoms with Crippen molar-refractivity contribution < 1.29 is 12.6 Å². The van der Waals surface area contributed by atoms with Crippen molar-refractivity contribution in [3.8, 4) is 5.75 Å². The molecular weight excluding hydrogens is 459 g/mol. The van der Waals surface area contributed by atoms with Gasteiger partial charge in [-0.25, -0.2) is 0 Å². The zero-order valence-electron chi connectivity index (χ0n) is 13.0. The van der Waals surface area contributed by atoms with Crippen LogP contribution in [0.15, 0.2) is 39.7 Å². The number of benzene rings is 2. The maximum Gasteiger partial charge on any atom is 0.339 e. The third-order valence-corrected chi connectivity index (χ3v) is 5.69. The molecular formula is C16H14BrCl3O3S. The first-order chi connectivity index (χ1) is 10.9. The molecule has 0 heterocycles. The predicted molar refractivity (Wildman–Crippen MR) is 102 cm³/mol. The Labute approximate surface area is 165 Å². The molecule has 130 valence electrons. The van der Waals surface area contributed by atoms with Crippen molar-refractivity contribution in [2.75, 3.05) is 0 Å². The Kier molecular flexibility index (Phi) is 5.83. The van der Waals surface area contributed by atoms with Gasteiger partial charge >= 0.3 is 10.1 Å². The lowest BCUT2D eigenvalue weighted by Crippen LogP contribution is -2.13. The minimum absolute atomic E-state index is 0.0146. The van der Waals surface area contributed by atoms with E-state index < -0.39 is 10.1 Å². The van der Waals surface area contributed by atoms with Gasteiger partial charge in [0.25, 0.3) is 0 Å². The average Bonchev–Trinajstić information content (AvgIpc) is 2.40. The van der Waals surface area contributed by atoms with Gasteiger partial charge in [0.15, 0.2) is 5.75 Å². The van der Waals surface area contributed by atoms with Gasteiger partial charge in [-0.3, -0.25) is 0 Å². The molecule has 0 aliphatic rings. The van der Waals surface area contributed by atoms with Crippen molar-refractivity contribution in [2.24, 2.45) is 0 Å². The zero-order chi connectivity index (χ0) is 18.3. The molecule has 0 atom stereocenters. The second kappa shape index (κ2) is 7.04. The van der Waals surface area contributed by atoms with Gasteiger partial charge in [0.2, 0.25) is 0 Å². The lowest BCUT2D eigenvalue weighted by Gasteiger charge is -2.21. The summed E-state index contributed by atoms with van der Waals surface area (Å²) < 4.78 is 30.6. The standard InChI is InChI=1S/C16H14BrCl3O3S/c1-16(2,3)9-4-13(17)15(14(20)5-9)23-24(21,22)12-7-10(18)6-11(19)8-12/h4-8H,1-3H3. The van der Waals surface area contributed by atoms with Crippen molar-refractivity contribution in [1.82, 2.24) is 0 Å². The molecule has 0 spiro atoms. The number of hydrogen-bond donors (Lipinski definition) is 0. The summed E-state index contributed by atoms with van der Waals surface area (Å²) in [5.41, 5.74) is 0.791. The molecule has 0 amide bonds. The van der Waals surface area contributed by atoms with Crippen molar-refractivity contribution in [3.05, 3.63) is 55.4 Å². The first-order valence-electron chi connectivity index (χ1n) is 6.80. The molecule has 3 nitrogen and oxygen atoms in total. The summed E-state index contributed by atoms with van der Waals surface area (Å²) in [6.45, 7) is 6.07. The lowest BCUT2D eigenvalue weighted by molar-refractivity contribution is 0.484. The highest BCUT2D eigenvalue weighted by atomic mass is 79.9. The normalized spacial score (nSPS) is 12.3. The number of hydrogen-bond acceptors (Lipinski definition) is 3. The van der Waals surface area contributed by atoms with E-state index >= 15 is 0 Å². The molecule has 0 bridgehead atoms. The minimum atomic E-state index is -4.13. The van der Waals surface area contributed by atoms with Gasteiger partial charge in [0, 0.05) is 10.0 Å². The van der Waals surface area contributed by atoms with Crippen LogP contribution in [0.5, 0.6) is 5.75 Å². The third kappa shape index (κ3) is 4.58. The van der Waals surface area contributed by atoms with E-state index in [1.807, 2.05) is 20.8 Å². The first kappa shape index (κ1) is 19.9. The van der Waals surface area contributed by atoms with Crippen LogP contribution in [0.2, 0.25) is 15.1 Å². The van der Waals surface area contributed by atoms with E-state index in [1.54, 1.807) is 12.1 Å². The summed E-state index contributed by atoms with van der Waals surface area (Å²) in [5, 5.41) is 0.571. The number of rotatable bonds is 3. The van der Waals surface area contributed by atoms with Crippen molar-refractivity contribution >= 4 is 60.9 Å². The molecule has 0 N–H and O–H groups in total. The molecule has 24 heavy (non-hydrogen) atoms. The Morgan fingerprint density at radius 3 is 1.96 bits per heavy atom. The van der Waals surface area contributed by atoms with Crippen LogP contribution >= 0.6 is 50.7 Å². The second-order valence-corrected chi connectivity index (χ2v) is 9.84. The highest BCUT2D eigenvalue weighted by Gasteiger charge is 2.24. The summed E-state index contributed by atoms with van der Waals surface area (Å²) in [4.78, 5) is -0.150. The fourth-order valence-electron chi connectivity index (χ4n) is 1.90. The van der Waals surface area contributed by atoms with Crippen LogP contribution in [-0.4, -0.2) is 8.42 Å². The summed E-state index contributed by atoms with van der Waals surface area (Å²) in [5.74, 6) is 0.0146. The minimum Gasteiger partial charge on any atom is -0.376 e. The van der Waals surface area contributed by atoms with Gasteiger partial charge in [0.1, 0.15) is 4.90 Å². The topological polar surface area (TPSA) is 43.4 Å². The van der Waals surface area contributed by atoms with Gasteiger partial charge in [-0.1, -0.05) is 55.6 Å². The first-order valence-corrected chi connectivity index (χ1v) is 10.1. The fourth-order valence-corrected chi connectivity index (χ4v) is 4.66. The van der Waals surface area contributed by atoms with E-state index in [4.69, 9.17) is 39.0 Å². The lowest BCUT2D eigenvalue weighted by atomic mass is 9.87. The Bertz CT molecular complexity index is 847. The quantitative estimate of drug-likeness (QED) is 0.481. The molecule has 0 aliphatic heterocycles. The molecule has 2 rings (SSSR count). The summed E-state index contributed by atoms with van der Waals surface area (Å²) in [7, 11) is -4.13. The zero-order valence-corrected chi connectivity index (χ0v) is 17.7. The molecule has 0 aliphatic carbocycles. The molecule has 0 saturated carbocycles. The van der Waals surface area contributed by atoms with Gasteiger partial charge in [-0.05, 0) is 57.2 Å². The Hall–Kier alpha value is -0.460. The number of halogens is 4. The van der Waals surface area contributed by atoms with Crippen molar-refractivity contribution in [3.63, 3.8) is 0 Å². The van der Waals surface area contributed by atoms with E-state index in [-0.39, 0.29) is 31.1 Å². The van der Waals surface area contributed by atoms with Crippen LogP contribution in [0, 0.1) is 0 Å². The Morgan fingerprint density at radius 2 is 1.50 bits per heavy atom. The van der Waals surface area contributed by atoms with Crippen LogP contribution < -0.4 is 4.18 Å². The van der Waals surface area contributed by atoms with Crippen molar-refractivity contribution in [1.29, 1.82) is 0 Å². The van der Waals surface area contributed by atoms with Gasteiger partial charge in [0.05, 0.1) is 9.50 Å². The molecule has 0 aromatic heterocycles. The maximum atomic E-state index is 12.5. The highest BCUT2D eigenvalue weighted by Crippen LogP contribution is 2.39. The SMILES string of the molecule is CC(C)(C)c1cc(Cl)c(OS(=O)(=O)c2cc(Cl)cc(Cl)c2)c(Br)c1. The van der Waals surface area contributed by atoms with Crippen LogP contribution in [0.3, 0.4) is 0 Å².